The summed E-state index contributed by atoms with van der Waals surface area (Å²) in [5.41, 5.74) is -0.389. The number of benzene rings is 3. The van der Waals surface area contributed by atoms with Gasteiger partial charge in [0.2, 0.25) is 0 Å². The molecule has 2 aliphatic heterocycles. The molecule has 5 rings (SSSR count). The van der Waals surface area contributed by atoms with Crippen molar-refractivity contribution in [2.24, 2.45) is 5.10 Å². The van der Waals surface area contributed by atoms with E-state index in [2.05, 4.69) is 5.10 Å². The molecular weight excluding hydrogens is 552 g/mol. The van der Waals surface area contributed by atoms with Crippen molar-refractivity contribution in [3.63, 3.8) is 0 Å². The maximum Gasteiger partial charge on any atom is 0.300 e. The zero-order valence-electron chi connectivity index (χ0n) is 22.2. The van der Waals surface area contributed by atoms with E-state index in [1.54, 1.807) is 30.3 Å². The van der Waals surface area contributed by atoms with Crippen molar-refractivity contribution in [3.8, 4) is 5.75 Å². The Balaban J connectivity index is 1.61. The summed E-state index contributed by atoms with van der Waals surface area (Å²) in [5.74, 6) is -0.241. The Hall–Kier alpha value is -5.44. The van der Waals surface area contributed by atoms with Gasteiger partial charge in [-0.2, -0.15) is 5.10 Å². The summed E-state index contributed by atoms with van der Waals surface area (Å²) in [4.78, 5) is 49.0. The number of hydrazone groups is 1. The highest BCUT2D eigenvalue weighted by molar-refractivity contribution is 6.05. The van der Waals surface area contributed by atoms with Gasteiger partial charge in [0, 0.05) is 43.8 Å². The molecule has 0 aliphatic carbocycles. The lowest BCUT2D eigenvalue weighted by atomic mass is 9.97. The first-order valence-electron chi connectivity index (χ1n) is 12.8. The Morgan fingerprint density at radius 2 is 1.57 bits per heavy atom. The lowest BCUT2D eigenvalue weighted by Gasteiger charge is -2.28. The Morgan fingerprint density at radius 1 is 0.929 bits per heavy atom. The lowest BCUT2D eigenvalue weighted by Crippen LogP contribution is -2.37. The highest BCUT2D eigenvalue weighted by Gasteiger charge is 2.38. The molecule has 2 heterocycles. The summed E-state index contributed by atoms with van der Waals surface area (Å²) in [6.07, 6.45) is 0.162. The Bertz CT molecular complexity index is 1570. The molecule has 0 unspecified atom stereocenters. The van der Waals surface area contributed by atoms with Crippen LogP contribution in [0.3, 0.4) is 0 Å². The molecule has 1 saturated heterocycles. The second kappa shape index (κ2) is 11.6. The minimum atomic E-state index is -0.838. The molecule has 0 bridgehead atoms. The van der Waals surface area contributed by atoms with Gasteiger partial charge in [-0.1, -0.05) is 12.1 Å². The number of methoxy groups -OCH3 is 1. The molecule has 3 aromatic carbocycles. The standard InChI is InChI=1S/C27H24N6O9/c1-41-21-7-5-17(6-8-21)22-16-23(18-3-2-4-20(13-18)31(35)36)30(28-22)27(34)19-14-24(32(37)38)26(25(15-19)33(39)40)29-9-11-42-12-10-29/h2-8,13-15,23H,9-12,16H2,1H3/t23-/m1/s1. The highest BCUT2D eigenvalue weighted by Crippen LogP contribution is 2.41. The van der Waals surface area contributed by atoms with Gasteiger partial charge in [0.05, 0.1) is 52.4 Å². The third-order valence-corrected chi connectivity index (χ3v) is 7.04. The second-order valence-corrected chi connectivity index (χ2v) is 9.47. The molecule has 1 atom stereocenters. The molecule has 1 amide bonds. The van der Waals surface area contributed by atoms with Crippen molar-refractivity contribution in [3.05, 3.63) is 108 Å². The van der Waals surface area contributed by atoms with Crippen LogP contribution in [0.25, 0.3) is 0 Å². The first-order chi connectivity index (χ1) is 20.2. The molecule has 1 fully saturated rings. The van der Waals surface area contributed by atoms with Gasteiger partial charge < -0.3 is 14.4 Å². The molecule has 2 aliphatic rings. The second-order valence-electron chi connectivity index (χ2n) is 9.47. The zero-order chi connectivity index (χ0) is 30.0. The van der Waals surface area contributed by atoms with Gasteiger partial charge in [0.25, 0.3) is 23.0 Å². The van der Waals surface area contributed by atoms with Crippen molar-refractivity contribution in [1.82, 2.24) is 5.01 Å². The summed E-state index contributed by atoms with van der Waals surface area (Å²) in [6, 6.07) is 13.8. The van der Waals surface area contributed by atoms with Gasteiger partial charge in [-0.05, 0) is 35.4 Å². The third-order valence-electron chi connectivity index (χ3n) is 7.04. The molecule has 0 aromatic heterocycles. The smallest absolute Gasteiger partial charge is 0.300 e. The van der Waals surface area contributed by atoms with Crippen LogP contribution >= 0.6 is 0 Å². The van der Waals surface area contributed by atoms with Crippen LogP contribution in [0.4, 0.5) is 22.7 Å². The quantitative estimate of drug-likeness (QED) is 0.277. The summed E-state index contributed by atoms with van der Waals surface area (Å²) in [6.45, 7) is 0.865. The lowest BCUT2D eigenvalue weighted by molar-refractivity contribution is -0.392. The highest BCUT2D eigenvalue weighted by atomic mass is 16.6. The first-order valence-corrected chi connectivity index (χ1v) is 12.8. The van der Waals surface area contributed by atoms with Crippen LogP contribution in [-0.2, 0) is 4.74 Å². The minimum absolute atomic E-state index is 0.162. The number of hydrogen-bond acceptors (Lipinski definition) is 11. The number of rotatable bonds is 8. The summed E-state index contributed by atoms with van der Waals surface area (Å²) in [5, 5.41) is 41.3. The van der Waals surface area contributed by atoms with E-state index >= 15 is 0 Å². The van der Waals surface area contributed by atoms with E-state index < -0.39 is 38.1 Å². The number of carbonyl (C=O) groups excluding carboxylic acids is 1. The first kappa shape index (κ1) is 28.1. The molecule has 0 N–H and O–H groups in total. The Morgan fingerprint density at radius 3 is 2.14 bits per heavy atom. The maximum absolute atomic E-state index is 14.0. The number of nitro groups is 3. The van der Waals surface area contributed by atoms with Crippen molar-refractivity contribution < 1.29 is 29.0 Å². The Labute approximate surface area is 238 Å². The molecule has 15 nitrogen and oxygen atoms in total. The number of carbonyl (C=O) groups is 1. The van der Waals surface area contributed by atoms with Crippen LogP contribution in [0.2, 0.25) is 0 Å². The topological polar surface area (TPSA) is 184 Å². The fourth-order valence-corrected chi connectivity index (χ4v) is 5.01. The van der Waals surface area contributed by atoms with E-state index in [0.29, 0.717) is 22.6 Å². The largest absolute Gasteiger partial charge is 0.497 e. The number of amides is 1. The number of anilines is 1. The van der Waals surface area contributed by atoms with Crippen molar-refractivity contribution in [2.75, 3.05) is 38.3 Å². The van der Waals surface area contributed by atoms with E-state index in [4.69, 9.17) is 9.47 Å². The van der Waals surface area contributed by atoms with Gasteiger partial charge in [-0.3, -0.25) is 35.1 Å². The predicted molar refractivity (Wildman–Crippen MR) is 149 cm³/mol. The maximum atomic E-state index is 14.0. The number of nitrogens with zero attached hydrogens (tertiary/aromatic N) is 6. The van der Waals surface area contributed by atoms with Gasteiger partial charge >= 0.3 is 0 Å². The van der Waals surface area contributed by atoms with Crippen molar-refractivity contribution >= 4 is 34.4 Å². The van der Waals surface area contributed by atoms with Crippen LogP contribution < -0.4 is 9.64 Å². The number of nitro benzene ring substituents is 3. The fraction of sp³-hybridized carbons (Fsp3) is 0.259. The average Bonchev–Trinajstić information content (AvgIpc) is 3.46. The van der Waals surface area contributed by atoms with Crippen LogP contribution in [0.5, 0.6) is 5.75 Å². The number of hydrogen-bond donors (Lipinski definition) is 0. The molecule has 0 radical (unpaired) electrons. The monoisotopic (exact) mass is 576 g/mol. The summed E-state index contributed by atoms with van der Waals surface area (Å²) >= 11 is 0. The molecule has 15 heteroatoms. The normalized spacial score (nSPS) is 16.6. The molecular formula is C27H24N6O9. The van der Waals surface area contributed by atoms with E-state index in [1.807, 2.05) is 0 Å². The summed E-state index contributed by atoms with van der Waals surface area (Å²) < 4.78 is 10.5. The fourth-order valence-electron chi connectivity index (χ4n) is 5.01. The van der Waals surface area contributed by atoms with Gasteiger partial charge in [-0.15, -0.1) is 0 Å². The molecule has 216 valence electrons. The van der Waals surface area contributed by atoms with Gasteiger partial charge in [0.1, 0.15) is 5.75 Å². The van der Waals surface area contributed by atoms with E-state index in [9.17, 15) is 35.1 Å². The van der Waals surface area contributed by atoms with Crippen LogP contribution in [-0.4, -0.2) is 64.8 Å². The van der Waals surface area contributed by atoms with Crippen LogP contribution in [0.1, 0.15) is 33.9 Å². The number of ether oxygens (including phenoxy) is 2. The van der Waals surface area contributed by atoms with Crippen LogP contribution in [0.15, 0.2) is 65.8 Å². The van der Waals surface area contributed by atoms with E-state index in [1.165, 1.54) is 30.2 Å². The summed E-state index contributed by atoms with van der Waals surface area (Å²) in [7, 11) is 1.52. The van der Waals surface area contributed by atoms with E-state index in [-0.39, 0.29) is 49.7 Å². The predicted octanol–water partition coefficient (Wildman–Crippen LogP) is 4.25. The Kier molecular flexibility index (Phi) is 7.75. The number of morpholine rings is 1. The van der Waals surface area contributed by atoms with Crippen molar-refractivity contribution in [1.29, 1.82) is 0 Å². The SMILES string of the molecule is COc1ccc(C2=NN(C(=O)c3cc([N+](=O)[O-])c(N4CCOCC4)c([N+](=O)[O-])c3)[C@@H](c3cccc([N+](=O)[O-])c3)C2)cc1. The molecule has 0 spiro atoms. The third kappa shape index (κ3) is 5.44. The van der Waals surface area contributed by atoms with E-state index in [0.717, 1.165) is 17.1 Å². The minimum Gasteiger partial charge on any atom is -0.497 e. The molecule has 3 aromatic rings. The number of non-ortho nitro benzene ring substituents is 1. The van der Waals surface area contributed by atoms with Gasteiger partial charge in [-0.25, -0.2) is 5.01 Å². The van der Waals surface area contributed by atoms with Crippen molar-refractivity contribution in [2.45, 2.75) is 12.5 Å². The molecule has 0 saturated carbocycles. The van der Waals surface area contributed by atoms with Gasteiger partial charge in [0.15, 0.2) is 5.69 Å². The zero-order valence-corrected chi connectivity index (χ0v) is 22.2. The average molecular weight is 577 g/mol. The van der Waals surface area contributed by atoms with Crippen LogP contribution in [0, 0.1) is 30.3 Å². The molecule has 42 heavy (non-hydrogen) atoms.